The first kappa shape index (κ1) is 12.2. The zero-order valence-electron chi connectivity index (χ0n) is 8.95. The van der Waals surface area contributed by atoms with Gasteiger partial charge in [-0.15, -0.1) is 0 Å². The normalized spacial score (nSPS) is 11.3. The lowest BCUT2D eigenvalue weighted by Crippen LogP contribution is -2.18. The minimum atomic E-state index is -4.57. The summed E-state index contributed by atoms with van der Waals surface area (Å²) >= 11 is 0. The van der Waals surface area contributed by atoms with E-state index in [1.165, 1.54) is 24.4 Å². The molecule has 94 valence electrons. The van der Waals surface area contributed by atoms with Gasteiger partial charge in [0.05, 0.1) is 17.3 Å². The van der Waals surface area contributed by atoms with Gasteiger partial charge in [0.25, 0.3) is 5.91 Å². The van der Waals surface area contributed by atoms with Crippen LogP contribution in [-0.4, -0.2) is 16.1 Å². The summed E-state index contributed by atoms with van der Waals surface area (Å²) in [4.78, 5) is 11.7. The predicted octanol–water partition coefficient (Wildman–Crippen LogP) is 2.68. The zero-order chi connectivity index (χ0) is 13.2. The summed E-state index contributed by atoms with van der Waals surface area (Å²) in [7, 11) is 0. The molecule has 0 atom stereocenters. The van der Waals surface area contributed by atoms with Gasteiger partial charge in [-0.2, -0.15) is 18.3 Å². The van der Waals surface area contributed by atoms with Crippen LogP contribution in [0.15, 0.2) is 36.5 Å². The minimum absolute atomic E-state index is 0.233. The molecule has 7 heteroatoms. The van der Waals surface area contributed by atoms with Crippen molar-refractivity contribution in [3.63, 3.8) is 0 Å². The molecule has 0 saturated heterocycles. The monoisotopic (exact) mass is 255 g/mol. The average molecular weight is 255 g/mol. The highest BCUT2D eigenvalue weighted by Crippen LogP contribution is 2.32. The maximum Gasteiger partial charge on any atom is 0.417 e. The topological polar surface area (TPSA) is 57.8 Å². The van der Waals surface area contributed by atoms with Crippen molar-refractivity contribution < 1.29 is 18.0 Å². The van der Waals surface area contributed by atoms with Crippen LogP contribution in [-0.2, 0) is 6.18 Å². The Kier molecular flexibility index (Phi) is 3.05. The smallest absolute Gasteiger partial charge is 0.307 e. The van der Waals surface area contributed by atoms with Crippen LogP contribution in [0, 0.1) is 0 Å². The highest BCUT2D eigenvalue weighted by Gasteiger charge is 2.34. The number of H-pyrrole nitrogens is 1. The Morgan fingerprint density at radius 1 is 1.22 bits per heavy atom. The number of halogens is 3. The molecule has 1 heterocycles. The van der Waals surface area contributed by atoms with E-state index in [2.05, 4.69) is 15.5 Å². The molecule has 0 saturated carbocycles. The van der Waals surface area contributed by atoms with Crippen molar-refractivity contribution in [3.8, 4) is 0 Å². The van der Waals surface area contributed by atoms with Crippen molar-refractivity contribution in [1.82, 2.24) is 10.2 Å². The number of carbonyl (C=O) groups excluding carboxylic acids is 1. The molecule has 18 heavy (non-hydrogen) atoms. The summed E-state index contributed by atoms with van der Waals surface area (Å²) in [5.74, 6) is -0.607. The number of amides is 1. The molecule has 1 aromatic heterocycles. The zero-order valence-corrected chi connectivity index (χ0v) is 8.95. The van der Waals surface area contributed by atoms with E-state index in [0.717, 1.165) is 12.1 Å². The van der Waals surface area contributed by atoms with Crippen LogP contribution in [0.2, 0.25) is 0 Å². The molecule has 0 unspecified atom stereocenters. The Bertz CT molecular complexity index is 549. The van der Waals surface area contributed by atoms with Gasteiger partial charge in [-0.1, -0.05) is 12.1 Å². The van der Waals surface area contributed by atoms with Gasteiger partial charge >= 0.3 is 6.18 Å². The second-order valence-electron chi connectivity index (χ2n) is 3.47. The van der Waals surface area contributed by atoms with Crippen molar-refractivity contribution in [3.05, 3.63) is 47.7 Å². The van der Waals surface area contributed by atoms with Crippen molar-refractivity contribution in [2.24, 2.45) is 0 Å². The number of nitrogens with one attached hydrogen (secondary N) is 2. The quantitative estimate of drug-likeness (QED) is 0.866. The van der Waals surface area contributed by atoms with Crippen molar-refractivity contribution in [1.29, 1.82) is 0 Å². The minimum Gasteiger partial charge on any atom is -0.307 e. The number of aromatic amines is 1. The van der Waals surface area contributed by atoms with Gasteiger partial charge in [0, 0.05) is 6.07 Å². The summed E-state index contributed by atoms with van der Waals surface area (Å²) in [6.07, 6.45) is -3.19. The van der Waals surface area contributed by atoms with E-state index in [0.29, 0.717) is 0 Å². The molecule has 2 rings (SSSR count). The van der Waals surface area contributed by atoms with Crippen LogP contribution < -0.4 is 5.32 Å². The summed E-state index contributed by atoms with van der Waals surface area (Å²) in [5.41, 5.74) is -1.40. The molecule has 4 nitrogen and oxygen atoms in total. The number of hydrogen-bond acceptors (Lipinski definition) is 2. The van der Waals surface area contributed by atoms with Crippen LogP contribution in [0.25, 0.3) is 0 Å². The first-order chi connectivity index (χ1) is 8.48. The second-order valence-corrected chi connectivity index (χ2v) is 3.47. The van der Waals surface area contributed by atoms with Gasteiger partial charge in [0.1, 0.15) is 5.82 Å². The molecule has 0 aliphatic rings. The number of anilines is 1. The first-order valence-corrected chi connectivity index (χ1v) is 4.95. The maximum absolute atomic E-state index is 12.7. The lowest BCUT2D eigenvalue weighted by Gasteiger charge is -2.11. The number of alkyl halides is 3. The third-order valence-corrected chi connectivity index (χ3v) is 2.23. The van der Waals surface area contributed by atoms with Gasteiger partial charge in [-0.05, 0) is 12.1 Å². The Morgan fingerprint density at radius 2 is 1.94 bits per heavy atom. The first-order valence-electron chi connectivity index (χ1n) is 4.95. The Hall–Kier alpha value is -2.31. The van der Waals surface area contributed by atoms with E-state index in [-0.39, 0.29) is 5.82 Å². The summed E-state index contributed by atoms with van der Waals surface area (Å²) in [5, 5.41) is 8.30. The Balaban J connectivity index is 2.31. The standard InChI is InChI=1S/C11H8F3N3O/c12-11(13,14)8-4-2-1-3-7(8)10(18)16-9-5-6-15-17-9/h1-6H,(H2,15,16,17,18). The number of rotatable bonds is 2. The highest BCUT2D eigenvalue weighted by molar-refractivity contribution is 6.04. The van der Waals surface area contributed by atoms with E-state index >= 15 is 0 Å². The molecular weight excluding hydrogens is 247 g/mol. The SMILES string of the molecule is O=C(Nc1ccn[nH]1)c1ccccc1C(F)(F)F. The summed E-state index contributed by atoms with van der Waals surface area (Å²) < 4.78 is 38.1. The number of carbonyl (C=O) groups is 1. The Labute approximate surface area is 99.8 Å². The van der Waals surface area contributed by atoms with Gasteiger partial charge < -0.3 is 5.32 Å². The molecule has 0 spiro atoms. The van der Waals surface area contributed by atoms with Gasteiger partial charge in [0.15, 0.2) is 0 Å². The molecule has 0 aliphatic carbocycles. The number of nitrogens with zero attached hydrogens (tertiary/aromatic N) is 1. The van der Waals surface area contributed by atoms with Gasteiger partial charge in [-0.25, -0.2) is 0 Å². The molecule has 0 radical (unpaired) electrons. The van der Waals surface area contributed by atoms with E-state index in [1.807, 2.05) is 0 Å². The Morgan fingerprint density at radius 3 is 2.56 bits per heavy atom. The molecule has 0 fully saturated rings. The van der Waals surface area contributed by atoms with Crippen LogP contribution in [0.5, 0.6) is 0 Å². The number of hydrogen-bond donors (Lipinski definition) is 2. The molecule has 1 amide bonds. The van der Waals surface area contributed by atoms with Crippen LogP contribution in [0.3, 0.4) is 0 Å². The van der Waals surface area contributed by atoms with Gasteiger partial charge in [-0.3, -0.25) is 9.89 Å². The molecule has 0 bridgehead atoms. The average Bonchev–Trinajstić information content (AvgIpc) is 2.80. The van der Waals surface area contributed by atoms with Crippen molar-refractivity contribution in [2.75, 3.05) is 5.32 Å². The highest BCUT2D eigenvalue weighted by atomic mass is 19.4. The van der Waals surface area contributed by atoms with E-state index in [1.54, 1.807) is 0 Å². The lowest BCUT2D eigenvalue weighted by molar-refractivity contribution is -0.137. The van der Waals surface area contributed by atoms with E-state index < -0.39 is 23.2 Å². The fourth-order valence-corrected chi connectivity index (χ4v) is 1.44. The molecule has 0 aliphatic heterocycles. The van der Waals surface area contributed by atoms with Crippen LogP contribution >= 0.6 is 0 Å². The van der Waals surface area contributed by atoms with Crippen LogP contribution in [0.4, 0.5) is 19.0 Å². The number of benzene rings is 1. The van der Waals surface area contributed by atoms with E-state index in [4.69, 9.17) is 0 Å². The molecular formula is C11H8F3N3O. The largest absolute Gasteiger partial charge is 0.417 e. The predicted molar refractivity (Wildman–Crippen MR) is 58.0 cm³/mol. The van der Waals surface area contributed by atoms with Gasteiger partial charge in [0.2, 0.25) is 0 Å². The van der Waals surface area contributed by atoms with Crippen LogP contribution in [0.1, 0.15) is 15.9 Å². The molecule has 2 N–H and O–H groups in total. The summed E-state index contributed by atoms with van der Waals surface area (Å²) in [6.45, 7) is 0. The van der Waals surface area contributed by atoms with E-state index in [9.17, 15) is 18.0 Å². The summed E-state index contributed by atoms with van der Waals surface area (Å²) in [6, 6.07) is 6.03. The van der Waals surface area contributed by atoms with Crippen molar-refractivity contribution >= 4 is 11.7 Å². The fourth-order valence-electron chi connectivity index (χ4n) is 1.44. The fraction of sp³-hybridized carbons (Fsp3) is 0.0909. The molecule has 1 aromatic carbocycles. The third kappa shape index (κ3) is 2.50. The third-order valence-electron chi connectivity index (χ3n) is 2.23. The molecule has 2 aromatic rings. The number of aromatic nitrogens is 2. The van der Waals surface area contributed by atoms with Crippen molar-refractivity contribution in [2.45, 2.75) is 6.18 Å². The lowest BCUT2D eigenvalue weighted by atomic mass is 10.1. The maximum atomic E-state index is 12.7. The second kappa shape index (κ2) is 4.52.